The standard InChI is InChI=1S/C21H22N2O2.CH4N2O/c1-15-5-4-6-20(22-2)19(15)14-25-18-11-12-23-21(13-18)16-7-9-17(24-3)10-8-16;2-3-1-4/h4-13,22H,14H2,1-3H3;1H,2H2,(H,3,4). The van der Waals surface area contributed by atoms with E-state index in [1.54, 1.807) is 18.7 Å². The SMILES string of the molecule is CNc1cccc(C)c1COc1ccnc(-c2ccc(OC)cc2)c1.NNC=O. The lowest BCUT2D eigenvalue weighted by Crippen LogP contribution is -2.18. The number of hydrogen-bond donors (Lipinski definition) is 3. The quantitative estimate of drug-likeness (QED) is 0.246. The van der Waals surface area contributed by atoms with Crippen LogP contribution in [0.1, 0.15) is 11.1 Å². The molecule has 4 N–H and O–H groups in total. The van der Waals surface area contributed by atoms with E-state index < -0.39 is 0 Å². The van der Waals surface area contributed by atoms with Crippen molar-refractivity contribution < 1.29 is 14.3 Å². The van der Waals surface area contributed by atoms with Crippen LogP contribution < -0.4 is 26.1 Å². The van der Waals surface area contributed by atoms with Crippen LogP contribution in [0, 0.1) is 6.92 Å². The van der Waals surface area contributed by atoms with Gasteiger partial charge < -0.3 is 14.8 Å². The summed E-state index contributed by atoms with van der Waals surface area (Å²) in [6, 6.07) is 17.9. The molecular weight excluding hydrogens is 368 g/mol. The van der Waals surface area contributed by atoms with E-state index in [0.29, 0.717) is 13.0 Å². The summed E-state index contributed by atoms with van der Waals surface area (Å²) in [5.74, 6) is 6.04. The third-order valence-electron chi connectivity index (χ3n) is 4.25. The number of aryl methyl sites for hydroxylation is 1. The number of benzene rings is 2. The van der Waals surface area contributed by atoms with Crippen molar-refractivity contribution in [2.75, 3.05) is 19.5 Å². The van der Waals surface area contributed by atoms with Crippen molar-refractivity contribution in [2.45, 2.75) is 13.5 Å². The van der Waals surface area contributed by atoms with Crippen LogP contribution in [-0.2, 0) is 11.4 Å². The number of carbonyl (C=O) groups is 1. The number of carbonyl (C=O) groups excluding carboxylic acids is 1. The van der Waals surface area contributed by atoms with Gasteiger partial charge in [0.25, 0.3) is 0 Å². The van der Waals surface area contributed by atoms with Crippen LogP contribution in [0.25, 0.3) is 11.3 Å². The Bertz CT molecular complexity index is 914. The number of nitrogens with zero attached hydrogens (tertiary/aromatic N) is 1. The molecule has 7 nitrogen and oxygen atoms in total. The minimum atomic E-state index is 0.403. The second kappa shape index (κ2) is 11.3. The number of nitrogens with two attached hydrogens (primary N) is 1. The number of pyridine rings is 1. The number of rotatable bonds is 7. The minimum Gasteiger partial charge on any atom is -0.497 e. The highest BCUT2D eigenvalue weighted by atomic mass is 16.5. The summed E-state index contributed by atoms with van der Waals surface area (Å²) < 4.78 is 11.2. The van der Waals surface area contributed by atoms with Gasteiger partial charge in [-0.25, -0.2) is 5.84 Å². The number of hydrogen-bond acceptors (Lipinski definition) is 6. The van der Waals surface area contributed by atoms with Crippen LogP contribution in [0.5, 0.6) is 11.5 Å². The predicted octanol–water partition coefficient (Wildman–Crippen LogP) is 3.29. The Morgan fingerprint density at radius 1 is 1.10 bits per heavy atom. The highest BCUT2D eigenvalue weighted by molar-refractivity contribution is 5.61. The maximum atomic E-state index is 8.94. The Morgan fingerprint density at radius 2 is 1.83 bits per heavy atom. The van der Waals surface area contributed by atoms with E-state index in [9.17, 15) is 0 Å². The van der Waals surface area contributed by atoms with Gasteiger partial charge in [-0.1, -0.05) is 12.1 Å². The summed E-state index contributed by atoms with van der Waals surface area (Å²) in [6.45, 7) is 2.60. The maximum absolute atomic E-state index is 8.94. The number of hydrazine groups is 1. The summed E-state index contributed by atoms with van der Waals surface area (Å²) in [5.41, 5.74) is 7.10. The van der Waals surface area contributed by atoms with Crippen molar-refractivity contribution in [1.82, 2.24) is 10.4 Å². The molecule has 0 aliphatic carbocycles. The third kappa shape index (κ3) is 6.22. The fourth-order valence-corrected chi connectivity index (χ4v) is 2.70. The summed E-state index contributed by atoms with van der Waals surface area (Å²) in [4.78, 5) is 13.4. The summed E-state index contributed by atoms with van der Waals surface area (Å²) in [6.07, 6.45) is 2.17. The molecule has 1 amide bonds. The highest BCUT2D eigenvalue weighted by Crippen LogP contribution is 2.25. The van der Waals surface area contributed by atoms with Crippen molar-refractivity contribution in [3.05, 3.63) is 71.9 Å². The second-order valence-corrected chi connectivity index (χ2v) is 6.03. The Hall–Kier alpha value is -3.58. The van der Waals surface area contributed by atoms with E-state index in [1.807, 2.05) is 49.5 Å². The molecule has 0 bridgehead atoms. The molecule has 3 aromatic rings. The minimum absolute atomic E-state index is 0.403. The molecule has 0 aliphatic heterocycles. The third-order valence-corrected chi connectivity index (χ3v) is 4.25. The molecule has 0 saturated carbocycles. The fraction of sp³-hybridized carbons (Fsp3) is 0.182. The molecule has 0 saturated heterocycles. The van der Waals surface area contributed by atoms with Gasteiger partial charge in [0.05, 0.1) is 12.8 Å². The first-order valence-electron chi connectivity index (χ1n) is 9.02. The number of ether oxygens (including phenoxy) is 2. The molecule has 3 rings (SSSR count). The van der Waals surface area contributed by atoms with E-state index in [1.165, 1.54) is 5.56 Å². The summed E-state index contributed by atoms with van der Waals surface area (Å²) >= 11 is 0. The van der Waals surface area contributed by atoms with Gasteiger partial charge in [0.2, 0.25) is 6.41 Å². The first kappa shape index (κ1) is 21.7. The smallest absolute Gasteiger partial charge is 0.221 e. The van der Waals surface area contributed by atoms with E-state index in [4.69, 9.17) is 14.3 Å². The Kier molecular flexibility index (Phi) is 8.47. The van der Waals surface area contributed by atoms with Crippen LogP contribution in [-0.4, -0.2) is 25.6 Å². The fourth-order valence-electron chi connectivity index (χ4n) is 2.70. The van der Waals surface area contributed by atoms with Crippen LogP contribution in [0.3, 0.4) is 0 Å². The van der Waals surface area contributed by atoms with Crippen molar-refractivity contribution in [3.63, 3.8) is 0 Å². The van der Waals surface area contributed by atoms with Gasteiger partial charge in [0, 0.05) is 36.1 Å². The lowest BCUT2D eigenvalue weighted by molar-refractivity contribution is -0.109. The molecular formula is C22H26N4O3. The van der Waals surface area contributed by atoms with Gasteiger partial charge in [-0.15, -0.1) is 0 Å². The normalized spacial score (nSPS) is 9.66. The number of anilines is 1. The van der Waals surface area contributed by atoms with Crippen molar-refractivity contribution >= 4 is 12.1 Å². The first-order valence-corrected chi connectivity index (χ1v) is 9.02. The lowest BCUT2D eigenvalue weighted by atomic mass is 10.1. The summed E-state index contributed by atoms with van der Waals surface area (Å²) in [7, 11) is 3.58. The molecule has 1 heterocycles. The number of nitrogens with one attached hydrogen (secondary N) is 2. The lowest BCUT2D eigenvalue weighted by Gasteiger charge is -2.14. The highest BCUT2D eigenvalue weighted by Gasteiger charge is 2.07. The molecule has 0 atom stereocenters. The number of methoxy groups -OCH3 is 1. The summed E-state index contributed by atoms with van der Waals surface area (Å²) in [5, 5.41) is 3.22. The molecule has 152 valence electrons. The zero-order chi connectivity index (χ0) is 21.1. The number of amides is 1. The van der Waals surface area contributed by atoms with Gasteiger partial charge in [0.15, 0.2) is 0 Å². The van der Waals surface area contributed by atoms with Crippen molar-refractivity contribution in [2.24, 2.45) is 5.84 Å². The van der Waals surface area contributed by atoms with Crippen LogP contribution in [0.15, 0.2) is 60.8 Å². The van der Waals surface area contributed by atoms with Crippen molar-refractivity contribution in [1.29, 1.82) is 0 Å². The predicted molar refractivity (Wildman–Crippen MR) is 115 cm³/mol. The van der Waals surface area contributed by atoms with Crippen LogP contribution in [0.4, 0.5) is 5.69 Å². The zero-order valence-corrected chi connectivity index (χ0v) is 16.8. The first-order chi connectivity index (χ1) is 14.1. The molecule has 0 spiro atoms. The topological polar surface area (TPSA) is 98.5 Å². The second-order valence-electron chi connectivity index (χ2n) is 6.03. The molecule has 0 aliphatic rings. The molecule has 1 aromatic heterocycles. The molecule has 0 radical (unpaired) electrons. The molecule has 0 unspecified atom stereocenters. The van der Waals surface area contributed by atoms with Gasteiger partial charge in [-0.05, 0) is 48.9 Å². The van der Waals surface area contributed by atoms with E-state index in [-0.39, 0.29) is 0 Å². The van der Waals surface area contributed by atoms with E-state index >= 15 is 0 Å². The van der Waals surface area contributed by atoms with Gasteiger partial charge in [-0.3, -0.25) is 15.2 Å². The Morgan fingerprint density at radius 3 is 2.45 bits per heavy atom. The van der Waals surface area contributed by atoms with E-state index in [0.717, 1.165) is 34.0 Å². The Balaban J connectivity index is 0.000000687. The largest absolute Gasteiger partial charge is 0.497 e. The zero-order valence-electron chi connectivity index (χ0n) is 16.8. The van der Waals surface area contributed by atoms with Crippen molar-refractivity contribution in [3.8, 4) is 22.8 Å². The van der Waals surface area contributed by atoms with Gasteiger partial charge in [0.1, 0.15) is 18.1 Å². The molecule has 29 heavy (non-hydrogen) atoms. The molecule has 7 heteroatoms. The van der Waals surface area contributed by atoms with Gasteiger partial charge in [-0.2, -0.15) is 0 Å². The van der Waals surface area contributed by atoms with Gasteiger partial charge >= 0.3 is 0 Å². The van der Waals surface area contributed by atoms with Crippen LogP contribution in [0.2, 0.25) is 0 Å². The maximum Gasteiger partial charge on any atom is 0.221 e. The average Bonchev–Trinajstić information content (AvgIpc) is 2.78. The average molecular weight is 394 g/mol. The molecule has 0 fully saturated rings. The Labute approximate surface area is 170 Å². The van der Waals surface area contributed by atoms with E-state index in [2.05, 4.69) is 35.2 Å². The van der Waals surface area contributed by atoms with Crippen LogP contribution >= 0.6 is 0 Å². The molecule has 2 aromatic carbocycles. The monoisotopic (exact) mass is 394 g/mol. The number of aromatic nitrogens is 1.